The van der Waals surface area contributed by atoms with Gasteiger partial charge in [-0.05, 0) is 12.1 Å². The molecule has 0 aromatic carbocycles. The van der Waals surface area contributed by atoms with Gasteiger partial charge >= 0.3 is 0 Å². The number of aliphatic hydroxyl groups excluding tert-OH is 1. The largest absolute Gasteiger partial charge is 0.461 e. The average Bonchev–Trinajstić information content (AvgIpc) is 3.08. The quantitative estimate of drug-likeness (QED) is 0.799. The number of aromatic nitrogens is 1. The molecule has 2 aromatic rings. The number of amides is 1. The molecule has 0 fully saturated rings. The van der Waals surface area contributed by atoms with E-state index >= 15 is 0 Å². The Kier molecular flexibility index (Phi) is 4.15. The van der Waals surface area contributed by atoms with Gasteiger partial charge in [-0.1, -0.05) is 11.2 Å². The lowest BCUT2D eigenvalue weighted by Crippen LogP contribution is -2.33. The smallest absolute Gasteiger partial charge is 0.276 e. The molecule has 0 atom stereocenters. The Morgan fingerprint density at radius 2 is 2.37 bits per heavy atom. The first-order chi connectivity index (χ1) is 9.26. The Balaban J connectivity index is 2.17. The predicted molar refractivity (Wildman–Crippen MR) is 67.4 cm³/mol. The molecule has 0 unspecified atom stereocenters. The van der Waals surface area contributed by atoms with Gasteiger partial charge in [0.15, 0.2) is 11.5 Å². The van der Waals surface area contributed by atoms with Crippen LogP contribution < -0.4 is 0 Å². The van der Waals surface area contributed by atoms with E-state index in [0.29, 0.717) is 18.1 Å². The van der Waals surface area contributed by atoms with E-state index in [-0.39, 0.29) is 24.8 Å². The van der Waals surface area contributed by atoms with Crippen molar-refractivity contribution in [1.29, 1.82) is 0 Å². The molecule has 6 nitrogen and oxygen atoms in total. The molecule has 6 heteroatoms. The molecule has 0 aliphatic heterocycles. The Bertz CT molecular complexity index is 545. The SMILES string of the molecule is C=CCN(CCO)C(=O)c1cc(-c2ccco2)on1. The van der Waals surface area contributed by atoms with Crippen molar-refractivity contribution >= 4 is 5.91 Å². The lowest BCUT2D eigenvalue weighted by Gasteiger charge is -2.17. The van der Waals surface area contributed by atoms with E-state index in [2.05, 4.69) is 11.7 Å². The van der Waals surface area contributed by atoms with Gasteiger partial charge in [0.2, 0.25) is 5.76 Å². The van der Waals surface area contributed by atoms with Crippen molar-refractivity contribution in [2.45, 2.75) is 0 Å². The van der Waals surface area contributed by atoms with Gasteiger partial charge in [0.25, 0.3) is 5.91 Å². The van der Waals surface area contributed by atoms with Crippen molar-refractivity contribution in [2.75, 3.05) is 19.7 Å². The van der Waals surface area contributed by atoms with Gasteiger partial charge in [-0.3, -0.25) is 4.79 Å². The van der Waals surface area contributed by atoms with Crippen LogP contribution in [0.3, 0.4) is 0 Å². The zero-order chi connectivity index (χ0) is 13.7. The van der Waals surface area contributed by atoms with Gasteiger partial charge < -0.3 is 18.9 Å². The topological polar surface area (TPSA) is 79.7 Å². The first kappa shape index (κ1) is 13.1. The van der Waals surface area contributed by atoms with E-state index in [1.807, 2.05) is 0 Å². The average molecular weight is 262 g/mol. The molecule has 2 heterocycles. The summed E-state index contributed by atoms with van der Waals surface area (Å²) in [5.41, 5.74) is 0.168. The molecule has 0 saturated carbocycles. The summed E-state index contributed by atoms with van der Waals surface area (Å²) in [6, 6.07) is 4.94. The molecule has 0 bridgehead atoms. The van der Waals surface area contributed by atoms with Crippen LogP contribution in [0.5, 0.6) is 0 Å². The van der Waals surface area contributed by atoms with Gasteiger partial charge in [0.1, 0.15) is 0 Å². The van der Waals surface area contributed by atoms with Crippen LogP contribution >= 0.6 is 0 Å². The van der Waals surface area contributed by atoms with Crippen LogP contribution in [0.15, 0.2) is 46.1 Å². The number of hydrogen-bond donors (Lipinski definition) is 1. The van der Waals surface area contributed by atoms with E-state index in [1.54, 1.807) is 18.2 Å². The highest BCUT2D eigenvalue weighted by atomic mass is 16.5. The van der Waals surface area contributed by atoms with Crippen molar-refractivity contribution in [1.82, 2.24) is 10.1 Å². The fraction of sp³-hybridized carbons (Fsp3) is 0.231. The number of carbonyl (C=O) groups is 1. The number of hydrogen-bond acceptors (Lipinski definition) is 5. The lowest BCUT2D eigenvalue weighted by molar-refractivity contribution is 0.0732. The number of furan rings is 1. The number of aliphatic hydroxyl groups is 1. The van der Waals surface area contributed by atoms with Crippen molar-refractivity contribution in [3.63, 3.8) is 0 Å². The van der Waals surface area contributed by atoms with E-state index in [9.17, 15) is 4.79 Å². The molecular formula is C13H14N2O4. The van der Waals surface area contributed by atoms with Gasteiger partial charge in [-0.2, -0.15) is 0 Å². The standard InChI is InChI=1S/C13H14N2O4/c1-2-5-15(6-7-16)13(17)10-9-12(19-14-10)11-4-3-8-18-11/h2-4,8-9,16H,1,5-7H2. The Morgan fingerprint density at radius 3 is 3.00 bits per heavy atom. The van der Waals surface area contributed by atoms with Crippen LogP contribution in [0.1, 0.15) is 10.5 Å². The summed E-state index contributed by atoms with van der Waals surface area (Å²) in [7, 11) is 0. The highest BCUT2D eigenvalue weighted by molar-refractivity contribution is 5.93. The first-order valence-electron chi connectivity index (χ1n) is 5.78. The third-order valence-corrected chi connectivity index (χ3v) is 2.50. The Morgan fingerprint density at radius 1 is 1.53 bits per heavy atom. The summed E-state index contributed by atoms with van der Waals surface area (Å²) in [6.07, 6.45) is 3.09. The van der Waals surface area contributed by atoms with E-state index in [1.165, 1.54) is 17.2 Å². The van der Waals surface area contributed by atoms with Crippen molar-refractivity contribution < 1.29 is 18.8 Å². The molecule has 19 heavy (non-hydrogen) atoms. The van der Waals surface area contributed by atoms with Crippen molar-refractivity contribution in [2.24, 2.45) is 0 Å². The van der Waals surface area contributed by atoms with Gasteiger partial charge in [0, 0.05) is 19.2 Å². The Hall–Kier alpha value is -2.34. The second-order valence-corrected chi connectivity index (χ2v) is 3.82. The number of carbonyl (C=O) groups excluding carboxylic acids is 1. The summed E-state index contributed by atoms with van der Waals surface area (Å²) in [6.45, 7) is 4.00. The second kappa shape index (κ2) is 6.01. The third-order valence-electron chi connectivity index (χ3n) is 2.50. The first-order valence-corrected chi connectivity index (χ1v) is 5.78. The van der Waals surface area contributed by atoms with Crippen LogP contribution in [0.4, 0.5) is 0 Å². The van der Waals surface area contributed by atoms with E-state index in [0.717, 1.165) is 0 Å². The normalized spacial score (nSPS) is 10.4. The molecular weight excluding hydrogens is 248 g/mol. The van der Waals surface area contributed by atoms with E-state index in [4.69, 9.17) is 14.0 Å². The van der Waals surface area contributed by atoms with Crippen LogP contribution in [0.2, 0.25) is 0 Å². The molecule has 0 saturated heterocycles. The summed E-state index contributed by atoms with van der Waals surface area (Å²) < 4.78 is 10.2. The maximum atomic E-state index is 12.1. The summed E-state index contributed by atoms with van der Waals surface area (Å²) in [5, 5.41) is 12.6. The molecule has 0 aliphatic rings. The predicted octanol–water partition coefficient (Wildman–Crippen LogP) is 1.56. The molecule has 1 amide bonds. The van der Waals surface area contributed by atoms with Gasteiger partial charge in [-0.15, -0.1) is 6.58 Å². The molecule has 2 rings (SSSR count). The third kappa shape index (κ3) is 2.92. The number of rotatable bonds is 6. The molecule has 0 radical (unpaired) electrons. The molecule has 0 spiro atoms. The minimum absolute atomic E-state index is 0.123. The maximum absolute atomic E-state index is 12.1. The molecule has 100 valence electrons. The Labute approximate surface area is 109 Å². The molecule has 2 aromatic heterocycles. The lowest BCUT2D eigenvalue weighted by atomic mass is 10.3. The fourth-order valence-corrected chi connectivity index (χ4v) is 1.63. The van der Waals surface area contributed by atoms with Crippen molar-refractivity contribution in [3.05, 3.63) is 42.8 Å². The molecule has 1 N–H and O–H groups in total. The monoisotopic (exact) mass is 262 g/mol. The van der Waals surface area contributed by atoms with Gasteiger partial charge in [-0.25, -0.2) is 0 Å². The highest BCUT2D eigenvalue weighted by Crippen LogP contribution is 2.21. The fourth-order valence-electron chi connectivity index (χ4n) is 1.63. The summed E-state index contributed by atoms with van der Waals surface area (Å²) in [5.74, 6) is 0.565. The highest BCUT2D eigenvalue weighted by Gasteiger charge is 2.19. The maximum Gasteiger partial charge on any atom is 0.276 e. The summed E-state index contributed by atoms with van der Waals surface area (Å²) >= 11 is 0. The second-order valence-electron chi connectivity index (χ2n) is 3.82. The van der Waals surface area contributed by atoms with Crippen LogP contribution in [0, 0.1) is 0 Å². The van der Waals surface area contributed by atoms with Crippen LogP contribution in [-0.2, 0) is 0 Å². The minimum atomic E-state index is -0.324. The minimum Gasteiger partial charge on any atom is -0.461 e. The van der Waals surface area contributed by atoms with Crippen LogP contribution in [0.25, 0.3) is 11.5 Å². The van der Waals surface area contributed by atoms with Crippen LogP contribution in [-0.4, -0.2) is 40.8 Å². The van der Waals surface area contributed by atoms with Crippen molar-refractivity contribution in [3.8, 4) is 11.5 Å². The zero-order valence-corrected chi connectivity index (χ0v) is 10.3. The zero-order valence-electron chi connectivity index (χ0n) is 10.3. The van der Waals surface area contributed by atoms with Gasteiger partial charge in [0.05, 0.1) is 12.9 Å². The van der Waals surface area contributed by atoms with E-state index < -0.39 is 0 Å². The summed E-state index contributed by atoms with van der Waals surface area (Å²) in [4.78, 5) is 13.5. The molecule has 0 aliphatic carbocycles. The number of nitrogens with zero attached hydrogens (tertiary/aromatic N) is 2.